The number of carbonyl (C=O) groups is 1. The molecule has 1 unspecified atom stereocenters. The van der Waals surface area contributed by atoms with Crippen LogP contribution in [0.5, 0.6) is 0 Å². The van der Waals surface area contributed by atoms with Crippen molar-refractivity contribution in [3.63, 3.8) is 0 Å². The third-order valence-electron chi connectivity index (χ3n) is 4.57. The van der Waals surface area contributed by atoms with Gasteiger partial charge in [-0.25, -0.2) is 4.98 Å². The molecule has 0 aliphatic carbocycles. The Balaban J connectivity index is 1.85. The summed E-state index contributed by atoms with van der Waals surface area (Å²) < 4.78 is 6.67. The first-order valence-electron chi connectivity index (χ1n) is 8.19. The number of thiazole rings is 1. The van der Waals surface area contributed by atoms with Gasteiger partial charge < -0.3 is 4.42 Å². The lowest BCUT2D eigenvalue weighted by Gasteiger charge is -2.22. The lowest BCUT2D eigenvalue weighted by atomic mass is 9.99. The second kappa shape index (κ2) is 6.14. The highest BCUT2D eigenvalue weighted by atomic mass is 79.9. The molecule has 0 saturated carbocycles. The molecule has 2 aromatic carbocycles. The minimum atomic E-state index is -0.570. The van der Waals surface area contributed by atoms with Crippen LogP contribution in [-0.2, 0) is 0 Å². The number of benzene rings is 2. The van der Waals surface area contributed by atoms with E-state index in [0.29, 0.717) is 21.7 Å². The van der Waals surface area contributed by atoms with Crippen molar-refractivity contribution in [1.29, 1.82) is 0 Å². The zero-order valence-corrected chi connectivity index (χ0v) is 16.2. The van der Waals surface area contributed by atoms with E-state index >= 15 is 0 Å². The van der Waals surface area contributed by atoms with Crippen LogP contribution in [0, 0.1) is 0 Å². The Kier molecular flexibility index (Phi) is 3.73. The summed E-state index contributed by atoms with van der Waals surface area (Å²) in [7, 11) is 0. The van der Waals surface area contributed by atoms with Crippen molar-refractivity contribution >= 4 is 49.3 Å². The quantitative estimate of drug-likeness (QED) is 0.452. The van der Waals surface area contributed by atoms with Crippen LogP contribution in [0.25, 0.3) is 11.0 Å². The molecule has 0 bridgehead atoms. The second-order valence-corrected chi connectivity index (χ2v) is 7.91. The van der Waals surface area contributed by atoms with Crippen molar-refractivity contribution in [2.45, 2.75) is 6.04 Å². The summed E-state index contributed by atoms with van der Waals surface area (Å²) >= 11 is 4.74. The summed E-state index contributed by atoms with van der Waals surface area (Å²) in [6.07, 6.45) is 1.64. The molecular formula is C20H11BrN2O3S. The highest BCUT2D eigenvalue weighted by molar-refractivity contribution is 9.10. The Morgan fingerprint density at radius 3 is 2.67 bits per heavy atom. The lowest BCUT2D eigenvalue weighted by molar-refractivity contribution is 0.0971. The van der Waals surface area contributed by atoms with Gasteiger partial charge in [-0.15, -0.1) is 11.3 Å². The van der Waals surface area contributed by atoms with Gasteiger partial charge in [-0.1, -0.05) is 46.3 Å². The average molecular weight is 439 g/mol. The largest absolute Gasteiger partial charge is 0.450 e. The summed E-state index contributed by atoms with van der Waals surface area (Å²) in [4.78, 5) is 32.4. The number of aromatic nitrogens is 1. The minimum absolute atomic E-state index is 0.0823. The fourth-order valence-corrected chi connectivity index (χ4v) is 4.46. The summed E-state index contributed by atoms with van der Waals surface area (Å²) in [6.45, 7) is 0. The smallest absolute Gasteiger partial charge is 0.297 e. The highest BCUT2D eigenvalue weighted by Crippen LogP contribution is 2.41. The van der Waals surface area contributed by atoms with Crippen LogP contribution in [0.3, 0.4) is 0 Å². The molecule has 2 aromatic heterocycles. The number of anilines is 1. The summed E-state index contributed by atoms with van der Waals surface area (Å²) in [6, 6.07) is 14.1. The van der Waals surface area contributed by atoms with Gasteiger partial charge in [0.2, 0.25) is 5.76 Å². The van der Waals surface area contributed by atoms with E-state index in [2.05, 4.69) is 20.9 Å². The molecule has 1 amide bonds. The molecule has 4 aromatic rings. The van der Waals surface area contributed by atoms with Gasteiger partial charge >= 0.3 is 0 Å². The molecule has 27 heavy (non-hydrogen) atoms. The van der Waals surface area contributed by atoms with E-state index in [9.17, 15) is 9.59 Å². The van der Waals surface area contributed by atoms with Gasteiger partial charge in [0.1, 0.15) is 5.58 Å². The molecule has 0 spiro atoms. The van der Waals surface area contributed by atoms with Crippen LogP contribution < -0.4 is 10.3 Å². The third-order valence-corrected chi connectivity index (χ3v) is 5.84. The van der Waals surface area contributed by atoms with E-state index < -0.39 is 6.04 Å². The number of nitrogens with zero attached hydrogens (tertiary/aromatic N) is 2. The second-order valence-electron chi connectivity index (χ2n) is 6.12. The molecule has 5 nitrogen and oxygen atoms in total. The van der Waals surface area contributed by atoms with E-state index in [4.69, 9.17) is 4.42 Å². The molecule has 0 saturated heterocycles. The van der Waals surface area contributed by atoms with E-state index in [1.165, 1.54) is 11.3 Å². The van der Waals surface area contributed by atoms with Crippen molar-refractivity contribution in [3.05, 3.63) is 91.7 Å². The summed E-state index contributed by atoms with van der Waals surface area (Å²) in [5.41, 5.74) is 1.38. The van der Waals surface area contributed by atoms with Gasteiger partial charge in [0.15, 0.2) is 10.6 Å². The monoisotopic (exact) mass is 438 g/mol. The molecular weight excluding hydrogens is 428 g/mol. The molecule has 132 valence electrons. The van der Waals surface area contributed by atoms with Gasteiger partial charge in [0.05, 0.1) is 17.0 Å². The van der Waals surface area contributed by atoms with Gasteiger partial charge in [0.25, 0.3) is 5.91 Å². The maximum Gasteiger partial charge on any atom is 0.297 e. The fourth-order valence-electron chi connectivity index (χ4n) is 3.43. The normalized spacial score (nSPS) is 16.1. The topological polar surface area (TPSA) is 63.4 Å². The number of amides is 1. The third kappa shape index (κ3) is 2.46. The first-order valence-corrected chi connectivity index (χ1v) is 9.86. The average Bonchev–Trinajstić information content (AvgIpc) is 3.30. The van der Waals surface area contributed by atoms with Crippen LogP contribution in [-0.4, -0.2) is 10.9 Å². The van der Waals surface area contributed by atoms with Crippen molar-refractivity contribution in [2.24, 2.45) is 0 Å². The van der Waals surface area contributed by atoms with Crippen LogP contribution in [0.4, 0.5) is 5.13 Å². The number of fused-ring (bicyclic) bond motifs is 2. The van der Waals surface area contributed by atoms with Crippen LogP contribution in [0.2, 0.25) is 0 Å². The Hall–Kier alpha value is -2.77. The number of rotatable bonds is 2. The van der Waals surface area contributed by atoms with E-state index in [0.717, 1.165) is 10.0 Å². The van der Waals surface area contributed by atoms with Gasteiger partial charge in [-0.3, -0.25) is 14.5 Å². The van der Waals surface area contributed by atoms with Gasteiger partial charge in [-0.05, 0) is 23.8 Å². The van der Waals surface area contributed by atoms with Crippen molar-refractivity contribution in [1.82, 2.24) is 4.98 Å². The Morgan fingerprint density at radius 1 is 1.11 bits per heavy atom. The SMILES string of the molecule is O=C1c2oc3ccc(Br)cc3c(=O)c2C(c2ccccc2)N1c1nccs1. The fraction of sp³-hybridized carbons (Fsp3) is 0.0500. The molecule has 7 heteroatoms. The number of halogens is 1. The van der Waals surface area contributed by atoms with Gasteiger partial charge in [-0.2, -0.15) is 0 Å². The van der Waals surface area contributed by atoms with E-state index in [-0.39, 0.29) is 17.1 Å². The molecule has 1 aliphatic heterocycles. The molecule has 3 heterocycles. The summed E-state index contributed by atoms with van der Waals surface area (Å²) in [5.74, 6) is -0.269. The highest BCUT2D eigenvalue weighted by Gasteiger charge is 2.44. The molecule has 0 radical (unpaired) electrons. The first kappa shape index (κ1) is 16.4. The summed E-state index contributed by atoms with van der Waals surface area (Å²) in [5, 5.41) is 2.78. The van der Waals surface area contributed by atoms with E-state index in [1.54, 1.807) is 34.7 Å². The lowest BCUT2D eigenvalue weighted by Crippen LogP contribution is -2.29. The number of carbonyl (C=O) groups excluding carboxylic acids is 1. The maximum atomic E-state index is 13.3. The Morgan fingerprint density at radius 2 is 1.93 bits per heavy atom. The number of hydrogen-bond donors (Lipinski definition) is 0. The first-order chi connectivity index (χ1) is 13.1. The molecule has 0 fully saturated rings. The standard InChI is InChI=1S/C20H11BrN2O3S/c21-12-6-7-14-13(10-12)17(24)15-16(11-4-2-1-3-5-11)23(19(25)18(15)26-14)20-22-8-9-27-20/h1-10,16H. The van der Waals surface area contributed by atoms with Crippen molar-refractivity contribution in [2.75, 3.05) is 4.90 Å². The predicted octanol–water partition coefficient (Wildman–Crippen LogP) is 4.76. The van der Waals surface area contributed by atoms with Crippen LogP contribution in [0.15, 0.2) is 73.8 Å². The minimum Gasteiger partial charge on any atom is -0.450 e. The predicted molar refractivity (Wildman–Crippen MR) is 107 cm³/mol. The van der Waals surface area contributed by atoms with E-state index in [1.807, 2.05) is 30.3 Å². The van der Waals surface area contributed by atoms with Crippen molar-refractivity contribution < 1.29 is 9.21 Å². The van der Waals surface area contributed by atoms with Crippen LogP contribution in [0.1, 0.15) is 27.7 Å². The Labute approximate surface area is 166 Å². The number of hydrogen-bond acceptors (Lipinski definition) is 5. The zero-order chi connectivity index (χ0) is 18.5. The Bertz CT molecular complexity index is 1240. The zero-order valence-electron chi connectivity index (χ0n) is 13.8. The maximum absolute atomic E-state index is 13.3. The molecule has 5 rings (SSSR count). The molecule has 1 aliphatic rings. The van der Waals surface area contributed by atoms with Crippen LogP contribution >= 0.6 is 27.3 Å². The van der Waals surface area contributed by atoms with Crippen molar-refractivity contribution in [3.8, 4) is 0 Å². The molecule has 1 atom stereocenters. The van der Waals surface area contributed by atoms with Gasteiger partial charge in [0, 0.05) is 16.0 Å². The molecule has 0 N–H and O–H groups in total.